The van der Waals surface area contributed by atoms with Crippen molar-refractivity contribution in [3.8, 4) is 0 Å². The summed E-state index contributed by atoms with van der Waals surface area (Å²) in [6.45, 7) is 4.34. The SMILES string of the molecule is CC/C=C\C/C=C\C/C=C\C/C=C\CCCCCCC(=O)OC(COC(=O)CCCCCCC/C=C\C/C=C\C/C=C\CC)COP(=O)(O)OCC(CO)OC(=O)CCCCCCC/C=C\CCCCCC. The highest BCUT2D eigenvalue weighted by molar-refractivity contribution is 7.47. The zero-order valence-electron chi connectivity index (χ0n) is 45.4. The minimum atomic E-state index is -4.76. The molecule has 0 aromatic rings. The molecule has 11 nitrogen and oxygen atoms in total. The number of esters is 3. The molecule has 0 fully saturated rings. The molecule has 0 aliphatic carbocycles. The lowest BCUT2D eigenvalue weighted by atomic mass is 10.1. The van der Waals surface area contributed by atoms with Crippen LogP contribution in [0.3, 0.4) is 0 Å². The smallest absolute Gasteiger partial charge is 0.462 e. The van der Waals surface area contributed by atoms with Gasteiger partial charge in [-0.05, 0) is 116 Å². The quantitative estimate of drug-likeness (QED) is 0.0197. The van der Waals surface area contributed by atoms with Gasteiger partial charge in [0.15, 0.2) is 6.10 Å². The molecule has 0 aromatic heterocycles. The molecule has 2 N–H and O–H groups in total. The molecule has 0 rings (SSSR count). The number of aliphatic hydroxyl groups excluding tert-OH is 1. The van der Waals surface area contributed by atoms with Gasteiger partial charge in [-0.25, -0.2) is 4.57 Å². The van der Waals surface area contributed by atoms with Crippen LogP contribution >= 0.6 is 7.82 Å². The average molecular weight is 1030 g/mol. The summed E-state index contributed by atoms with van der Waals surface area (Å²) in [7, 11) is -4.76. The highest BCUT2D eigenvalue weighted by Gasteiger charge is 2.28. The van der Waals surface area contributed by atoms with Crippen molar-refractivity contribution in [2.45, 2.75) is 238 Å². The molecule has 0 saturated carbocycles. The second kappa shape index (κ2) is 53.7. The molecule has 0 aromatic carbocycles. The lowest BCUT2D eigenvalue weighted by Crippen LogP contribution is -2.30. The van der Waals surface area contributed by atoms with Crippen molar-refractivity contribution in [1.29, 1.82) is 0 Å². The van der Waals surface area contributed by atoms with Crippen LogP contribution in [-0.4, -0.2) is 66.5 Å². The molecule has 0 saturated heterocycles. The minimum Gasteiger partial charge on any atom is -0.462 e. The minimum absolute atomic E-state index is 0.131. The van der Waals surface area contributed by atoms with Gasteiger partial charge in [-0.15, -0.1) is 0 Å². The fourth-order valence-corrected chi connectivity index (χ4v) is 8.02. The Labute approximate surface area is 438 Å². The Kier molecular flexibility index (Phi) is 51.0. The van der Waals surface area contributed by atoms with Crippen molar-refractivity contribution in [2.75, 3.05) is 26.4 Å². The summed E-state index contributed by atoms with van der Waals surface area (Å²) < 4.78 is 39.4. The molecule has 12 heteroatoms. The van der Waals surface area contributed by atoms with Crippen LogP contribution in [0.2, 0.25) is 0 Å². The second-order valence-electron chi connectivity index (χ2n) is 18.3. The Morgan fingerprint density at radius 1 is 0.403 bits per heavy atom. The first-order valence-corrected chi connectivity index (χ1v) is 29.6. The maximum absolute atomic E-state index is 12.9. The van der Waals surface area contributed by atoms with E-state index in [0.717, 1.165) is 141 Å². The predicted molar refractivity (Wildman–Crippen MR) is 297 cm³/mol. The number of carbonyl (C=O) groups excluding carboxylic acids is 3. The standard InChI is InChI=1S/C60H101O11P/c1-4-7-10-13-16-19-22-25-27-28-30-33-36-39-42-45-48-51-60(64)71-57(53-67-58(62)49-46-43-40-37-34-32-29-26-23-20-17-14-11-8-5-2)55-69-72(65,66)68-54-56(52-61)70-59(63)50-47-44-41-38-35-31-24-21-18-15-12-9-6-3/h7-8,10-11,16-17,19-21,24-27,29-30,33,56-57,61H,4-6,9,12-15,18,22-23,28,31-32,34-55H2,1-3H3,(H,65,66)/b10-7-,11-8-,19-16-,20-17-,24-21-,27-25-,29-26-,33-30-. The summed E-state index contributed by atoms with van der Waals surface area (Å²) >= 11 is 0. The largest absolute Gasteiger partial charge is 0.472 e. The molecule has 3 atom stereocenters. The third-order valence-corrected chi connectivity index (χ3v) is 12.4. The molecule has 0 heterocycles. The summed E-state index contributed by atoms with van der Waals surface area (Å²) in [5.41, 5.74) is 0. The highest BCUT2D eigenvalue weighted by Crippen LogP contribution is 2.43. The lowest BCUT2D eigenvalue weighted by Gasteiger charge is -2.21. The van der Waals surface area contributed by atoms with Crippen molar-refractivity contribution in [2.24, 2.45) is 0 Å². The fourth-order valence-electron chi connectivity index (χ4n) is 7.24. The number of rotatable bonds is 51. The highest BCUT2D eigenvalue weighted by atomic mass is 31.2. The molecule has 0 aliphatic rings. The Balaban J connectivity index is 4.82. The van der Waals surface area contributed by atoms with E-state index in [-0.39, 0.29) is 25.9 Å². The summed E-state index contributed by atoms with van der Waals surface area (Å²) in [4.78, 5) is 48.5. The van der Waals surface area contributed by atoms with Crippen molar-refractivity contribution >= 4 is 25.7 Å². The number of hydrogen-bond donors (Lipinski definition) is 2. The van der Waals surface area contributed by atoms with Gasteiger partial charge in [0.1, 0.15) is 12.7 Å². The van der Waals surface area contributed by atoms with E-state index in [4.69, 9.17) is 23.3 Å². The molecule has 0 aliphatic heterocycles. The monoisotopic (exact) mass is 1030 g/mol. The first-order valence-electron chi connectivity index (χ1n) is 28.1. The van der Waals surface area contributed by atoms with E-state index in [9.17, 15) is 28.9 Å². The van der Waals surface area contributed by atoms with E-state index in [0.29, 0.717) is 19.3 Å². The van der Waals surface area contributed by atoms with Gasteiger partial charge in [-0.2, -0.15) is 0 Å². The zero-order chi connectivity index (χ0) is 52.7. The van der Waals surface area contributed by atoms with Crippen molar-refractivity contribution in [3.63, 3.8) is 0 Å². The summed E-state index contributed by atoms with van der Waals surface area (Å²) in [5, 5.41) is 9.80. The van der Waals surface area contributed by atoms with Crippen LogP contribution in [0, 0.1) is 0 Å². The zero-order valence-corrected chi connectivity index (χ0v) is 46.3. The molecular formula is C60H101O11P. The molecule has 3 unspecified atom stereocenters. The Bertz CT molecular complexity index is 1580. The normalized spacial score (nSPS) is 14.1. The molecule has 0 bridgehead atoms. The van der Waals surface area contributed by atoms with E-state index in [2.05, 4.69) is 118 Å². The van der Waals surface area contributed by atoms with E-state index in [1.54, 1.807) is 0 Å². The number of aliphatic hydroxyl groups is 1. The number of unbranched alkanes of at least 4 members (excludes halogenated alkanes) is 18. The third kappa shape index (κ3) is 51.3. The van der Waals surface area contributed by atoms with Crippen LogP contribution < -0.4 is 0 Å². The van der Waals surface area contributed by atoms with E-state index >= 15 is 0 Å². The molecule has 72 heavy (non-hydrogen) atoms. The van der Waals surface area contributed by atoms with Crippen LogP contribution in [0.4, 0.5) is 0 Å². The van der Waals surface area contributed by atoms with Gasteiger partial charge in [-0.1, -0.05) is 189 Å². The number of ether oxygens (including phenoxy) is 3. The lowest BCUT2D eigenvalue weighted by molar-refractivity contribution is -0.161. The summed E-state index contributed by atoms with van der Waals surface area (Å²) in [5.74, 6) is -1.53. The average Bonchev–Trinajstić information content (AvgIpc) is 3.37. The molecule has 0 radical (unpaired) electrons. The topological polar surface area (TPSA) is 155 Å². The predicted octanol–water partition coefficient (Wildman–Crippen LogP) is 16.5. The first kappa shape index (κ1) is 68.4. The number of phosphoric ester groups is 1. The first-order chi connectivity index (χ1) is 35.2. The van der Waals surface area contributed by atoms with Crippen LogP contribution in [-0.2, 0) is 42.2 Å². The Morgan fingerprint density at radius 3 is 1.12 bits per heavy atom. The van der Waals surface area contributed by atoms with E-state index in [1.165, 1.54) is 25.7 Å². The number of carbonyl (C=O) groups is 3. The molecule has 0 amide bonds. The summed E-state index contributed by atoms with van der Waals surface area (Å²) in [6, 6.07) is 0. The number of allylic oxidation sites excluding steroid dienone is 16. The van der Waals surface area contributed by atoms with E-state index in [1.807, 2.05) is 0 Å². The molecule has 412 valence electrons. The van der Waals surface area contributed by atoms with Gasteiger partial charge in [0.25, 0.3) is 0 Å². The van der Waals surface area contributed by atoms with Crippen molar-refractivity contribution < 1.29 is 52.2 Å². The fraction of sp³-hybridized carbons (Fsp3) is 0.683. The maximum atomic E-state index is 12.9. The third-order valence-electron chi connectivity index (χ3n) is 11.5. The van der Waals surface area contributed by atoms with Crippen LogP contribution in [0.5, 0.6) is 0 Å². The second-order valence-corrected chi connectivity index (χ2v) is 19.8. The number of hydrogen-bond acceptors (Lipinski definition) is 10. The molecule has 0 spiro atoms. The summed E-state index contributed by atoms with van der Waals surface area (Å²) in [6.07, 6.45) is 62.2. The Morgan fingerprint density at radius 2 is 0.722 bits per heavy atom. The van der Waals surface area contributed by atoms with Gasteiger partial charge in [0.2, 0.25) is 0 Å². The molecular weight excluding hydrogens is 928 g/mol. The van der Waals surface area contributed by atoms with Gasteiger partial charge in [0, 0.05) is 19.3 Å². The maximum Gasteiger partial charge on any atom is 0.472 e. The van der Waals surface area contributed by atoms with Crippen LogP contribution in [0.1, 0.15) is 226 Å². The van der Waals surface area contributed by atoms with Crippen molar-refractivity contribution in [1.82, 2.24) is 0 Å². The Hall–Kier alpha value is -3.60. The van der Waals surface area contributed by atoms with Gasteiger partial charge < -0.3 is 24.2 Å². The van der Waals surface area contributed by atoms with Gasteiger partial charge in [-0.3, -0.25) is 23.4 Å². The van der Waals surface area contributed by atoms with Gasteiger partial charge in [0.05, 0.1) is 19.8 Å². The van der Waals surface area contributed by atoms with Gasteiger partial charge >= 0.3 is 25.7 Å². The van der Waals surface area contributed by atoms with Crippen LogP contribution in [0.15, 0.2) is 97.2 Å². The van der Waals surface area contributed by atoms with Crippen LogP contribution in [0.25, 0.3) is 0 Å². The van der Waals surface area contributed by atoms with E-state index < -0.39 is 57.8 Å². The van der Waals surface area contributed by atoms with Crippen molar-refractivity contribution in [3.05, 3.63) is 97.2 Å². The number of phosphoric acid groups is 1.